The first-order valence-electron chi connectivity index (χ1n) is 10.6. The second-order valence-corrected chi connectivity index (χ2v) is 6.94. The van der Waals surface area contributed by atoms with Crippen molar-refractivity contribution < 1.29 is 28.4 Å². The number of rotatable bonds is 0. The number of aryl methyl sites for hydroxylation is 2. The summed E-state index contributed by atoms with van der Waals surface area (Å²) in [7, 11) is 0. The highest BCUT2D eigenvalue weighted by atomic mass is 16.6. The Morgan fingerprint density at radius 3 is 1.20 bits per heavy atom. The van der Waals surface area contributed by atoms with Gasteiger partial charge in [0, 0.05) is 0 Å². The molecule has 164 valence electrons. The van der Waals surface area contributed by atoms with Crippen LogP contribution in [0.4, 0.5) is 0 Å². The average molecular weight is 417 g/mol. The van der Waals surface area contributed by atoms with E-state index in [1.807, 2.05) is 24.3 Å². The molecule has 0 atom stereocenters. The molecule has 2 aromatic carbocycles. The molecule has 0 unspecified atom stereocenters. The molecule has 0 aromatic heterocycles. The van der Waals surface area contributed by atoms with Crippen LogP contribution in [0.2, 0.25) is 0 Å². The van der Waals surface area contributed by atoms with Crippen molar-refractivity contribution in [3.8, 4) is 11.5 Å². The van der Waals surface area contributed by atoms with E-state index in [1.54, 1.807) is 0 Å². The van der Waals surface area contributed by atoms with Crippen molar-refractivity contribution in [1.82, 2.24) is 0 Å². The van der Waals surface area contributed by atoms with E-state index in [4.69, 9.17) is 28.4 Å². The van der Waals surface area contributed by atoms with Gasteiger partial charge >= 0.3 is 0 Å². The smallest absolute Gasteiger partial charge is 0.119 e. The molecule has 0 spiro atoms. The predicted octanol–water partition coefficient (Wildman–Crippen LogP) is 3.31. The Morgan fingerprint density at radius 1 is 0.433 bits per heavy atom. The zero-order chi connectivity index (χ0) is 20.7. The Hall–Kier alpha value is -2.12. The third kappa shape index (κ3) is 9.13. The van der Waals surface area contributed by atoms with Gasteiger partial charge in [0.2, 0.25) is 0 Å². The van der Waals surface area contributed by atoms with Gasteiger partial charge in [-0.25, -0.2) is 0 Å². The lowest BCUT2D eigenvalue weighted by atomic mass is 10.0. The second-order valence-electron chi connectivity index (χ2n) is 6.94. The van der Waals surface area contributed by atoms with Crippen LogP contribution in [0, 0.1) is 0 Å². The maximum absolute atomic E-state index is 5.81. The van der Waals surface area contributed by atoms with E-state index in [0.717, 1.165) is 24.3 Å². The lowest BCUT2D eigenvalue weighted by Gasteiger charge is -2.11. The fourth-order valence-corrected chi connectivity index (χ4v) is 3.07. The van der Waals surface area contributed by atoms with E-state index < -0.39 is 0 Å². The molecule has 1 aliphatic rings. The third-order valence-corrected chi connectivity index (χ3v) is 4.61. The van der Waals surface area contributed by atoms with Crippen LogP contribution in [-0.4, -0.2) is 66.1 Å². The zero-order valence-electron chi connectivity index (χ0n) is 17.6. The van der Waals surface area contributed by atoms with E-state index in [9.17, 15) is 0 Å². The minimum Gasteiger partial charge on any atom is -0.491 e. The SMILES string of the molecule is c1cc2cc(c1)OCCOCCOCCOCCOCCOc1cccc(c1)CC2. The van der Waals surface area contributed by atoms with Gasteiger partial charge in [-0.3, -0.25) is 0 Å². The molecule has 2 aromatic rings. The van der Waals surface area contributed by atoms with Gasteiger partial charge in [-0.05, 0) is 48.2 Å². The van der Waals surface area contributed by atoms with Crippen LogP contribution in [0.3, 0.4) is 0 Å². The van der Waals surface area contributed by atoms with Crippen LogP contribution in [0.5, 0.6) is 11.5 Å². The van der Waals surface area contributed by atoms with Crippen molar-refractivity contribution in [2.45, 2.75) is 12.8 Å². The number of hydrogen-bond donors (Lipinski definition) is 0. The first-order valence-corrected chi connectivity index (χ1v) is 10.6. The normalized spacial score (nSPS) is 18.4. The van der Waals surface area contributed by atoms with E-state index in [0.29, 0.717) is 66.1 Å². The van der Waals surface area contributed by atoms with Crippen LogP contribution >= 0.6 is 0 Å². The van der Waals surface area contributed by atoms with Gasteiger partial charge in [-0.1, -0.05) is 24.3 Å². The topological polar surface area (TPSA) is 55.4 Å². The van der Waals surface area contributed by atoms with Gasteiger partial charge in [0.05, 0.1) is 52.9 Å². The maximum atomic E-state index is 5.81. The fourth-order valence-electron chi connectivity index (χ4n) is 3.07. The summed E-state index contributed by atoms with van der Waals surface area (Å²) in [5, 5.41) is 0. The minimum atomic E-state index is 0.520. The molecule has 4 bridgehead atoms. The summed E-state index contributed by atoms with van der Waals surface area (Å²) < 4.78 is 33.7. The molecule has 0 saturated carbocycles. The summed E-state index contributed by atoms with van der Waals surface area (Å²) in [4.78, 5) is 0. The van der Waals surface area contributed by atoms with Gasteiger partial charge in [0.25, 0.3) is 0 Å². The molecule has 0 aliphatic carbocycles. The zero-order valence-corrected chi connectivity index (χ0v) is 17.6. The monoisotopic (exact) mass is 416 g/mol. The van der Waals surface area contributed by atoms with E-state index >= 15 is 0 Å². The maximum Gasteiger partial charge on any atom is 0.119 e. The standard InChI is InChI=1S/C24H32O6/c1-3-21-7-8-22-4-2-6-24(20-22)30-18-16-28-14-12-26-10-9-25-11-13-27-15-17-29-23(5-1)19-21/h1-6,19-20H,7-18H2. The molecule has 30 heavy (non-hydrogen) atoms. The number of hydrogen-bond acceptors (Lipinski definition) is 6. The van der Waals surface area contributed by atoms with Crippen molar-refractivity contribution in [3.05, 3.63) is 59.7 Å². The molecule has 1 heterocycles. The Kier molecular flexibility index (Phi) is 10.5. The Balaban J connectivity index is 1.52. The highest BCUT2D eigenvalue weighted by Crippen LogP contribution is 2.18. The van der Waals surface area contributed by atoms with Crippen LogP contribution < -0.4 is 9.47 Å². The quantitative estimate of drug-likeness (QED) is 0.657. The summed E-state index contributed by atoms with van der Waals surface area (Å²) in [5.41, 5.74) is 2.50. The van der Waals surface area contributed by atoms with Crippen molar-refractivity contribution in [2.24, 2.45) is 0 Å². The highest BCUT2D eigenvalue weighted by molar-refractivity contribution is 5.32. The van der Waals surface area contributed by atoms with E-state index in [1.165, 1.54) is 11.1 Å². The predicted molar refractivity (Wildman–Crippen MR) is 115 cm³/mol. The molecular formula is C24H32O6. The first kappa shape index (κ1) is 22.6. The van der Waals surface area contributed by atoms with E-state index in [2.05, 4.69) is 24.3 Å². The highest BCUT2D eigenvalue weighted by Gasteiger charge is 2.02. The minimum absolute atomic E-state index is 0.520. The fraction of sp³-hybridized carbons (Fsp3) is 0.500. The van der Waals surface area contributed by atoms with Crippen molar-refractivity contribution in [1.29, 1.82) is 0 Å². The summed E-state index contributed by atoms with van der Waals surface area (Å²) in [6, 6.07) is 16.5. The third-order valence-electron chi connectivity index (χ3n) is 4.61. The molecular weight excluding hydrogens is 384 g/mol. The first-order chi connectivity index (χ1) is 14.9. The van der Waals surface area contributed by atoms with Crippen LogP contribution in [-0.2, 0) is 31.8 Å². The molecule has 1 aliphatic heterocycles. The lowest BCUT2D eigenvalue weighted by molar-refractivity contribution is -0.00699. The molecule has 0 N–H and O–H groups in total. The summed E-state index contributed by atoms with van der Waals surface area (Å²) in [6.07, 6.45) is 1.88. The summed E-state index contributed by atoms with van der Waals surface area (Å²) in [6.45, 7) is 5.40. The molecule has 0 fully saturated rings. The van der Waals surface area contributed by atoms with Crippen LogP contribution in [0.1, 0.15) is 11.1 Å². The Morgan fingerprint density at radius 2 is 0.800 bits per heavy atom. The summed E-state index contributed by atoms with van der Waals surface area (Å²) >= 11 is 0. The number of benzene rings is 2. The summed E-state index contributed by atoms with van der Waals surface area (Å²) in [5.74, 6) is 1.74. The van der Waals surface area contributed by atoms with Gasteiger partial charge in [0.15, 0.2) is 0 Å². The van der Waals surface area contributed by atoms with Crippen LogP contribution in [0.25, 0.3) is 0 Å². The van der Waals surface area contributed by atoms with Gasteiger partial charge in [0.1, 0.15) is 24.7 Å². The van der Waals surface area contributed by atoms with Crippen LogP contribution in [0.15, 0.2) is 48.5 Å². The molecule has 0 saturated heterocycles. The molecule has 0 amide bonds. The van der Waals surface area contributed by atoms with Crippen molar-refractivity contribution in [2.75, 3.05) is 66.1 Å². The van der Waals surface area contributed by atoms with Crippen molar-refractivity contribution >= 4 is 0 Å². The van der Waals surface area contributed by atoms with E-state index in [-0.39, 0.29) is 0 Å². The van der Waals surface area contributed by atoms with Crippen molar-refractivity contribution in [3.63, 3.8) is 0 Å². The Bertz CT molecular complexity index is 659. The second kappa shape index (κ2) is 14.0. The molecule has 3 rings (SSSR count). The molecule has 0 radical (unpaired) electrons. The number of ether oxygens (including phenoxy) is 6. The van der Waals surface area contributed by atoms with Gasteiger partial charge in [-0.2, -0.15) is 0 Å². The largest absolute Gasteiger partial charge is 0.491 e. The lowest BCUT2D eigenvalue weighted by Crippen LogP contribution is -2.14. The Labute approximate surface area is 179 Å². The average Bonchev–Trinajstić information content (AvgIpc) is 2.77. The van der Waals surface area contributed by atoms with Gasteiger partial charge < -0.3 is 28.4 Å². The number of fused-ring (bicyclic) bond motifs is 4. The molecule has 6 nitrogen and oxygen atoms in total. The molecule has 6 heteroatoms. The van der Waals surface area contributed by atoms with Gasteiger partial charge in [-0.15, -0.1) is 0 Å².